The molecule has 8 aromatic rings. The molecule has 0 amide bonds. The fourth-order valence-corrected chi connectivity index (χ4v) is 5.33. The Morgan fingerprint density at radius 2 is 0.949 bits per heavy atom. The van der Waals surface area contributed by atoms with E-state index in [0.29, 0.717) is 16.3 Å². The van der Waals surface area contributed by atoms with E-state index in [2.05, 4.69) is 0 Å². The number of rotatable bonds is 3. The Kier molecular flexibility index (Phi) is 3.04. The highest BCUT2D eigenvalue weighted by Gasteiger charge is 2.17. The van der Waals surface area contributed by atoms with E-state index >= 15 is 0 Å². The Bertz CT molecular complexity index is 2710. The van der Waals surface area contributed by atoms with E-state index < -0.39 is 54.4 Å². The maximum Gasteiger partial charge on any atom is 0.136 e. The highest BCUT2D eigenvalue weighted by atomic mass is 16.3. The molecule has 1 aromatic heterocycles. The van der Waals surface area contributed by atoms with Gasteiger partial charge in [0.2, 0.25) is 0 Å². The monoisotopic (exact) mass is 507 g/mol. The lowest BCUT2D eigenvalue weighted by molar-refractivity contribution is 0.669. The summed E-state index contributed by atoms with van der Waals surface area (Å²) in [5.41, 5.74) is 1.22. The quantitative estimate of drug-likeness (QED) is 0.217. The van der Waals surface area contributed by atoms with E-state index in [1.54, 1.807) is 0 Å². The van der Waals surface area contributed by atoms with Gasteiger partial charge in [0.05, 0.1) is 15.1 Å². The third kappa shape index (κ3) is 3.48. The van der Waals surface area contributed by atoms with Crippen molar-refractivity contribution in [1.29, 1.82) is 0 Å². The highest BCUT2D eigenvalue weighted by Crippen LogP contribution is 2.44. The summed E-state index contributed by atoms with van der Waals surface area (Å²) in [5.74, 6) is 0. The number of para-hydroxylation sites is 1. The van der Waals surface area contributed by atoms with Crippen LogP contribution < -0.4 is 0 Å². The van der Waals surface area contributed by atoms with Gasteiger partial charge in [0.15, 0.2) is 0 Å². The van der Waals surface area contributed by atoms with Crippen molar-refractivity contribution in [3.8, 4) is 33.4 Å². The summed E-state index contributed by atoms with van der Waals surface area (Å²) >= 11 is 0. The molecule has 182 valence electrons. The zero-order valence-corrected chi connectivity index (χ0v) is 20.4. The Morgan fingerprint density at radius 1 is 0.385 bits per heavy atom. The molecule has 0 unspecified atom stereocenters. The number of fused-ring (bicyclic) bond motifs is 5. The van der Waals surface area contributed by atoms with Gasteiger partial charge in [-0.25, -0.2) is 0 Å². The van der Waals surface area contributed by atoms with Crippen LogP contribution in [0.4, 0.5) is 0 Å². The topological polar surface area (TPSA) is 13.1 Å². The first-order valence-electron chi connectivity index (χ1n) is 18.0. The van der Waals surface area contributed by atoms with Gasteiger partial charge in [0.25, 0.3) is 0 Å². The second-order valence-corrected chi connectivity index (χ2v) is 9.22. The fourth-order valence-electron chi connectivity index (χ4n) is 5.33. The zero-order chi connectivity index (χ0) is 35.3. The van der Waals surface area contributed by atoms with Crippen LogP contribution in [0.2, 0.25) is 0 Å². The van der Waals surface area contributed by atoms with Crippen molar-refractivity contribution in [3.63, 3.8) is 0 Å². The Morgan fingerprint density at radius 3 is 1.67 bits per heavy atom. The summed E-state index contributed by atoms with van der Waals surface area (Å²) < 4.78 is 103. The van der Waals surface area contributed by atoms with Crippen molar-refractivity contribution < 1.29 is 19.5 Å². The summed E-state index contributed by atoms with van der Waals surface area (Å²) in [6.07, 6.45) is 0. The van der Waals surface area contributed by atoms with Gasteiger partial charge in [0, 0.05) is 10.8 Å². The van der Waals surface area contributed by atoms with E-state index in [1.807, 2.05) is 78.9 Å². The average Bonchev–Trinajstić information content (AvgIpc) is 3.54. The molecule has 0 atom stereocenters. The van der Waals surface area contributed by atoms with Crippen molar-refractivity contribution in [2.75, 3.05) is 0 Å². The van der Waals surface area contributed by atoms with Gasteiger partial charge >= 0.3 is 0 Å². The van der Waals surface area contributed by atoms with Crippen molar-refractivity contribution in [2.24, 2.45) is 0 Å². The second kappa shape index (κ2) is 8.72. The predicted molar refractivity (Wildman–Crippen MR) is 165 cm³/mol. The molecule has 0 saturated carbocycles. The zero-order valence-electron chi connectivity index (χ0n) is 31.4. The lowest BCUT2D eigenvalue weighted by Crippen LogP contribution is -1.91. The molecule has 39 heavy (non-hydrogen) atoms. The Balaban J connectivity index is 1.52. The van der Waals surface area contributed by atoms with Gasteiger partial charge in [-0.05, 0) is 79.1 Å². The first-order chi connectivity index (χ1) is 24.0. The first-order valence-corrected chi connectivity index (χ1v) is 12.5. The Labute approximate surface area is 242 Å². The lowest BCUT2D eigenvalue weighted by atomic mass is 9.85. The molecule has 0 fully saturated rings. The molecule has 0 aliphatic heterocycles. The number of hydrogen-bond acceptors (Lipinski definition) is 1. The molecule has 1 nitrogen and oxygen atoms in total. The minimum absolute atomic E-state index is 0.0302. The van der Waals surface area contributed by atoms with Gasteiger partial charge in [-0.1, -0.05) is 121 Å². The minimum atomic E-state index is -0.572. The van der Waals surface area contributed by atoms with Crippen LogP contribution in [0.15, 0.2) is 150 Å². The third-order valence-corrected chi connectivity index (χ3v) is 7.00. The van der Waals surface area contributed by atoms with Crippen molar-refractivity contribution in [2.45, 2.75) is 0 Å². The van der Waals surface area contributed by atoms with Gasteiger partial charge in [0.1, 0.15) is 11.2 Å². The summed E-state index contributed by atoms with van der Waals surface area (Å²) in [7, 11) is 0. The smallest absolute Gasteiger partial charge is 0.136 e. The average molecular weight is 508 g/mol. The van der Waals surface area contributed by atoms with Crippen LogP contribution in [-0.4, -0.2) is 0 Å². The molecule has 7 aromatic carbocycles. The molecular formula is C38H24O. The summed E-state index contributed by atoms with van der Waals surface area (Å²) in [6, 6.07) is 19.5. The number of benzene rings is 7. The summed E-state index contributed by atoms with van der Waals surface area (Å²) in [6.45, 7) is 0. The third-order valence-electron chi connectivity index (χ3n) is 7.00. The van der Waals surface area contributed by atoms with Crippen molar-refractivity contribution >= 4 is 43.5 Å². The van der Waals surface area contributed by atoms with E-state index in [9.17, 15) is 2.74 Å². The normalized spacial score (nSPS) is 15.5. The maximum atomic E-state index is 9.58. The standard InChI is InChI=1S/C38H24O/c1-2-11-25(12-3-1)37-31-16-4-6-18-33(31)38(34-19-7-5-17-32(34)37)28-14-10-13-26(23-28)27-21-22-30-29-15-8-9-20-35(29)39-36(30)24-27/h1-24H/i8D,9D,10D,13D,14D,15D,20D,21D,22D,23D,24D. The fraction of sp³-hybridized carbons (Fsp3) is 0. The van der Waals surface area contributed by atoms with Crippen LogP contribution in [0.3, 0.4) is 0 Å². The van der Waals surface area contributed by atoms with Crippen LogP contribution in [0.25, 0.3) is 76.9 Å². The molecule has 0 radical (unpaired) electrons. The molecule has 0 N–H and O–H groups in total. The highest BCUT2D eigenvalue weighted by molar-refractivity contribution is 6.21. The largest absolute Gasteiger partial charge is 0.456 e. The van der Waals surface area contributed by atoms with Crippen LogP contribution >= 0.6 is 0 Å². The molecule has 0 spiro atoms. The molecule has 0 bridgehead atoms. The second-order valence-electron chi connectivity index (χ2n) is 9.22. The number of furan rings is 1. The Hall–Kier alpha value is -5.14. The molecule has 0 saturated heterocycles. The molecule has 0 aliphatic rings. The molecule has 1 heterocycles. The maximum absolute atomic E-state index is 9.58. The van der Waals surface area contributed by atoms with E-state index in [1.165, 1.54) is 0 Å². The van der Waals surface area contributed by atoms with Crippen LogP contribution in [0, 0.1) is 0 Å². The van der Waals surface area contributed by atoms with Gasteiger partial charge < -0.3 is 4.42 Å². The van der Waals surface area contributed by atoms with E-state index in [0.717, 1.165) is 21.9 Å². The van der Waals surface area contributed by atoms with Crippen LogP contribution in [0.1, 0.15) is 15.1 Å². The van der Waals surface area contributed by atoms with E-state index in [-0.39, 0.29) is 50.7 Å². The van der Waals surface area contributed by atoms with Gasteiger partial charge in [-0.2, -0.15) is 0 Å². The molecule has 1 heteroatoms. The summed E-state index contributed by atoms with van der Waals surface area (Å²) in [5, 5.41) is 2.79. The van der Waals surface area contributed by atoms with Crippen LogP contribution in [0.5, 0.6) is 0 Å². The van der Waals surface area contributed by atoms with Gasteiger partial charge in [-0.3, -0.25) is 0 Å². The summed E-state index contributed by atoms with van der Waals surface area (Å²) in [4.78, 5) is 0. The van der Waals surface area contributed by atoms with Crippen LogP contribution in [-0.2, 0) is 0 Å². The minimum Gasteiger partial charge on any atom is -0.456 e. The SMILES string of the molecule is [2H]c1c([2H])c(-c2c([2H])c([2H])c3c(oc4c([2H])c([2H])c([2H])c([2H])c43)c2[2H])c([2H])c(-c2c3ccccc3c(-c3ccccc3)c3ccccc23)c1[2H]. The molecular weight excluding hydrogens is 472 g/mol. The van der Waals surface area contributed by atoms with Gasteiger partial charge in [-0.15, -0.1) is 0 Å². The first kappa shape index (κ1) is 13.6. The van der Waals surface area contributed by atoms with Crippen molar-refractivity contribution in [3.05, 3.63) is 145 Å². The van der Waals surface area contributed by atoms with E-state index in [4.69, 9.17) is 16.8 Å². The number of hydrogen-bond donors (Lipinski definition) is 0. The molecule has 8 rings (SSSR count). The predicted octanol–water partition coefficient (Wildman–Crippen LogP) is 10.9. The molecule has 0 aliphatic carbocycles. The van der Waals surface area contributed by atoms with Crippen molar-refractivity contribution in [1.82, 2.24) is 0 Å². The lowest BCUT2D eigenvalue weighted by Gasteiger charge is -2.18.